The van der Waals surface area contributed by atoms with Gasteiger partial charge in [-0.3, -0.25) is 4.79 Å². The topological polar surface area (TPSA) is 46.9 Å². The molecular formula is C25H23Cl2N3O. The number of aromatic nitrogens is 2. The third kappa shape index (κ3) is 4.92. The van der Waals surface area contributed by atoms with Crippen molar-refractivity contribution in [3.05, 3.63) is 99.8 Å². The molecule has 0 aliphatic carbocycles. The number of nitrogens with one attached hydrogen (secondary N) is 1. The van der Waals surface area contributed by atoms with Crippen molar-refractivity contribution in [1.82, 2.24) is 14.9 Å². The molecule has 4 aromatic rings. The summed E-state index contributed by atoms with van der Waals surface area (Å²) in [6.45, 7) is 2.63. The summed E-state index contributed by atoms with van der Waals surface area (Å²) in [5, 5.41) is 4.22. The Bertz CT molecular complexity index is 1200. The number of para-hydroxylation sites is 2. The number of halogens is 2. The first kappa shape index (κ1) is 21.4. The highest BCUT2D eigenvalue weighted by Gasteiger charge is 2.21. The summed E-state index contributed by atoms with van der Waals surface area (Å²) >= 11 is 12.3. The van der Waals surface area contributed by atoms with Crippen LogP contribution in [0.25, 0.3) is 11.0 Å². The van der Waals surface area contributed by atoms with Gasteiger partial charge in [0.15, 0.2) is 0 Å². The van der Waals surface area contributed by atoms with Gasteiger partial charge in [0.05, 0.1) is 33.5 Å². The van der Waals surface area contributed by atoms with E-state index in [4.69, 9.17) is 28.2 Å². The Morgan fingerprint density at radius 2 is 1.71 bits per heavy atom. The summed E-state index contributed by atoms with van der Waals surface area (Å²) in [6.07, 6.45) is 1.07. The quantitative estimate of drug-likeness (QED) is 0.363. The molecule has 4 rings (SSSR count). The van der Waals surface area contributed by atoms with E-state index in [0.717, 1.165) is 34.4 Å². The maximum absolute atomic E-state index is 12.7. The molecule has 6 heteroatoms. The fourth-order valence-electron chi connectivity index (χ4n) is 3.72. The molecule has 1 amide bonds. The molecule has 1 aromatic heterocycles. The van der Waals surface area contributed by atoms with Gasteiger partial charge in [0, 0.05) is 6.54 Å². The van der Waals surface area contributed by atoms with Crippen LogP contribution in [0.2, 0.25) is 10.0 Å². The minimum absolute atomic E-state index is 0.0220. The predicted molar refractivity (Wildman–Crippen MR) is 127 cm³/mol. The molecule has 31 heavy (non-hydrogen) atoms. The van der Waals surface area contributed by atoms with Crippen LogP contribution in [0, 0.1) is 0 Å². The Balaban J connectivity index is 1.65. The van der Waals surface area contributed by atoms with Crippen molar-refractivity contribution < 1.29 is 4.79 Å². The molecule has 3 aromatic carbocycles. The average molecular weight is 452 g/mol. The first-order valence-electron chi connectivity index (χ1n) is 10.3. The molecular weight excluding hydrogens is 429 g/mol. The van der Waals surface area contributed by atoms with Gasteiger partial charge in [0.2, 0.25) is 5.91 Å². The van der Waals surface area contributed by atoms with E-state index in [-0.39, 0.29) is 11.9 Å². The standard InChI is InChI=1S/C25H23Cl2N3O/c1-2-21(28-24(31)15-17-8-4-3-5-9-17)25-29-22-10-6-7-11-23(22)30(25)16-18-12-13-19(26)20(27)14-18/h3-14,21H,2,15-16H2,1H3,(H,28,31). The molecule has 0 saturated carbocycles. The monoisotopic (exact) mass is 451 g/mol. The minimum atomic E-state index is -0.202. The lowest BCUT2D eigenvalue weighted by molar-refractivity contribution is -0.121. The van der Waals surface area contributed by atoms with E-state index >= 15 is 0 Å². The third-order valence-electron chi connectivity index (χ3n) is 5.27. The fraction of sp³-hybridized carbons (Fsp3) is 0.200. The van der Waals surface area contributed by atoms with Crippen LogP contribution < -0.4 is 5.32 Å². The zero-order valence-corrected chi connectivity index (χ0v) is 18.7. The largest absolute Gasteiger partial charge is 0.346 e. The Labute approximate surface area is 191 Å². The van der Waals surface area contributed by atoms with Crippen LogP contribution in [-0.4, -0.2) is 15.5 Å². The van der Waals surface area contributed by atoms with Gasteiger partial charge in [0.25, 0.3) is 0 Å². The van der Waals surface area contributed by atoms with Crippen LogP contribution >= 0.6 is 23.2 Å². The molecule has 1 atom stereocenters. The molecule has 0 spiro atoms. The summed E-state index contributed by atoms with van der Waals surface area (Å²) in [7, 11) is 0. The molecule has 158 valence electrons. The van der Waals surface area contributed by atoms with Crippen molar-refractivity contribution in [2.45, 2.75) is 32.4 Å². The van der Waals surface area contributed by atoms with E-state index in [1.54, 1.807) is 6.07 Å². The number of carbonyl (C=O) groups excluding carboxylic acids is 1. The van der Waals surface area contributed by atoms with E-state index in [9.17, 15) is 4.79 Å². The van der Waals surface area contributed by atoms with Gasteiger partial charge in [-0.05, 0) is 41.8 Å². The lowest BCUT2D eigenvalue weighted by Crippen LogP contribution is -2.31. The third-order valence-corrected chi connectivity index (χ3v) is 6.01. The van der Waals surface area contributed by atoms with Gasteiger partial charge in [-0.1, -0.05) is 78.7 Å². The predicted octanol–water partition coefficient (Wildman–Crippen LogP) is 6.20. The van der Waals surface area contributed by atoms with Gasteiger partial charge in [0.1, 0.15) is 5.82 Å². The summed E-state index contributed by atoms with van der Waals surface area (Å²) in [6, 6.07) is 23.2. The van der Waals surface area contributed by atoms with E-state index < -0.39 is 0 Å². The van der Waals surface area contributed by atoms with Crippen molar-refractivity contribution in [2.24, 2.45) is 0 Å². The molecule has 0 aliphatic heterocycles. The molecule has 0 radical (unpaired) electrons. The number of benzene rings is 3. The number of hydrogen-bond acceptors (Lipinski definition) is 2. The summed E-state index contributed by atoms with van der Waals surface area (Å²) in [5.74, 6) is 0.808. The molecule has 1 unspecified atom stereocenters. The fourth-order valence-corrected chi connectivity index (χ4v) is 4.04. The Morgan fingerprint density at radius 3 is 2.45 bits per heavy atom. The van der Waals surface area contributed by atoms with Gasteiger partial charge in [-0.25, -0.2) is 4.98 Å². The molecule has 1 heterocycles. The number of hydrogen-bond donors (Lipinski definition) is 1. The molecule has 0 saturated heterocycles. The number of fused-ring (bicyclic) bond motifs is 1. The Morgan fingerprint density at radius 1 is 0.968 bits per heavy atom. The molecule has 0 fully saturated rings. The number of amides is 1. The van der Waals surface area contributed by atoms with Gasteiger partial charge in [-0.2, -0.15) is 0 Å². The highest BCUT2D eigenvalue weighted by Crippen LogP contribution is 2.27. The average Bonchev–Trinajstić information content (AvgIpc) is 3.13. The Kier molecular flexibility index (Phi) is 6.59. The van der Waals surface area contributed by atoms with Gasteiger partial charge in [-0.15, -0.1) is 0 Å². The zero-order chi connectivity index (χ0) is 21.8. The van der Waals surface area contributed by atoms with Crippen LogP contribution in [0.1, 0.15) is 36.3 Å². The van der Waals surface area contributed by atoms with Crippen LogP contribution in [0.4, 0.5) is 0 Å². The highest BCUT2D eigenvalue weighted by atomic mass is 35.5. The van der Waals surface area contributed by atoms with E-state index in [1.807, 2.05) is 66.7 Å². The maximum Gasteiger partial charge on any atom is 0.225 e. The second kappa shape index (κ2) is 9.54. The second-order valence-corrected chi connectivity index (χ2v) is 8.30. The smallest absolute Gasteiger partial charge is 0.225 e. The first-order valence-corrected chi connectivity index (χ1v) is 11.0. The van der Waals surface area contributed by atoms with Crippen molar-refractivity contribution >= 4 is 40.1 Å². The minimum Gasteiger partial charge on any atom is -0.346 e. The van der Waals surface area contributed by atoms with Crippen LogP contribution in [0.5, 0.6) is 0 Å². The van der Waals surface area contributed by atoms with Gasteiger partial charge >= 0.3 is 0 Å². The van der Waals surface area contributed by atoms with Gasteiger partial charge < -0.3 is 9.88 Å². The number of imidazole rings is 1. The normalized spacial score (nSPS) is 12.1. The first-order chi connectivity index (χ1) is 15.0. The lowest BCUT2D eigenvalue weighted by Gasteiger charge is -2.19. The lowest BCUT2D eigenvalue weighted by atomic mass is 10.1. The van der Waals surface area contributed by atoms with Crippen molar-refractivity contribution in [3.8, 4) is 0 Å². The molecule has 0 bridgehead atoms. The molecule has 0 aliphatic rings. The van der Waals surface area contributed by atoms with Crippen molar-refractivity contribution in [1.29, 1.82) is 0 Å². The van der Waals surface area contributed by atoms with Crippen LogP contribution in [-0.2, 0) is 17.8 Å². The summed E-state index contributed by atoms with van der Waals surface area (Å²) in [5.41, 5.74) is 3.91. The summed E-state index contributed by atoms with van der Waals surface area (Å²) < 4.78 is 2.14. The van der Waals surface area contributed by atoms with Crippen LogP contribution in [0.3, 0.4) is 0 Å². The zero-order valence-electron chi connectivity index (χ0n) is 17.2. The van der Waals surface area contributed by atoms with E-state index in [1.165, 1.54) is 0 Å². The summed E-state index contributed by atoms with van der Waals surface area (Å²) in [4.78, 5) is 17.6. The van der Waals surface area contributed by atoms with Crippen molar-refractivity contribution in [2.75, 3.05) is 0 Å². The number of carbonyl (C=O) groups is 1. The van der Waals surface area contributed by atoms with E-state index in [2.05, 4.69) is 16.8 Å². The Hall–Kier alpha value is -2.82. The molecule has 1 N–H and O–H groups in total. The molecule has 4 nitrogen and oxygen atoms in total. The number of rotatable bonds is 7. The van der Waals surface area contributed by atoms with Crippen molar-refractivity contribution in [3.63, 3.8) is 0 Å². The maximum atomic E-state index is 12.7. The second-order valence-electron chi connectivity index (χ2n) is 7.48. The SMILES string of the molecule is CCC(NC(=O)Cc1ccccc1)c1nc2ccccc2n1Cc1ccc(Cl)c(Cl)c1. The highest BCUT2D eigenvalue weighted by molar-refractivity contribution is 6.42. The van der Waals surface area contributed by atoms with E-state index in [0.29, 0.717) is 23.0 Å². The number of nitrogens with zero attached hydrogens (tertiary/aromatic N) is 2. The van der Waals surface area contributed by atoms with Crippen LogP contribution in [0.15, 0.2) is 72.8 Å².